The second-order valence-electron chi connectivity index (χ2n) is 7.73. The summed E-state index contributed by atoms with van der Waals surface area (Å²) in [7, 11) is 0. The minimum Gasteiger partial charge on any atom is -0.340 e. The predicted octanol–water partition coefficient (Wildman–Crippen LogP) is 2.97. The summed E-state index contributed by atoms with van der Waals surface area (Å²) < 4.78 is 0. The summed E-state index contributed by atoms with van der Waals surface area (Å²) in [5.41, 5.74) is 8.42. The molecule has 2 heterocycles. The number of piperazine rings is 1. The highest BCUT2D eigenvalue weighted by atomic mass is 32.1. The van der Waals surface area contributed by atoms with E-state index in [0.717, 1.165) is 56.3 Å². The summed E-state index contributed by atoms with van der Waals surface area (Å²) in [6.45, 7) is 4.33. The standard InChI is InChI=1S/C21H28N4OS/c22-19-8-4-7-17(19)13-20(26)25-11-9-24(10-12-25)14-18-15-27-21(23-18)16-5-2-1-3-6-16/h1-3,5-6,15,17,19H,4,7-14,22H2/t17-,19+/m0/s1. The van der Waals surface area contributed by atoms with E-state index in [0.29, 0.717) is 12.3 Å². The first-order valence-electron chi connectivity index (χ1n) is 9.94. The minimum absolute atomic E-state index is 0.221. The van der Waals surface area contributed by atoms with Gasteiger partial charge in [0.2, 0.25) is 5.91 Å². The molecule has 2 aliphatic rings. The first-order valence-corrected chi connectivity index (χ1v) is 10.8. The van der Waals surface area contributed by atoms with Crippen LogP contribution in [0.3, 0.4) is 0 Å². The SMILES string of the molecule is N[C@@H]1CCC[C@H]1CC(=O)N1CCN(Cc2csc(-c3ccccc3)n2)CC1. The Labute approximate surface area is 165 Å². The van der Waals surface area contributed by atoms with Crippen molar-refractivity contribution in [1.29, 1.82) is 0 Å². The fraction of sp³-hybridized carbons (Fsp3) is 0.524. The van der Waals surface area contributed by atoms with Crippen LogP contribution in [0.1, 0.15) is 31.4 Å². The Morgan fingerprint density at radius 2 is 1.93 bits per heavy atom. The largest absolute Gasteiger partial charge is 0.340 e. The first-order chi connectivity index (χ1) is 13.2. The van der Waals surface area contributed by atoms with Gasteiger partial charge in [0.15, 0.2) is 0 Å². The number of hydrogen-bond acceptors (Lipinski definition) is 5. The number of amides is 1. The summed E-state index contributed by atoms with van der Waals surface area (Å²) in [5.74, 6) is 0.680. The molecule has 2 aromatic rings. The molecule has 2 N–H and O–H groups in total. The van der Waals surface area contributed by atoms with E-state index in [-0.39, 0.29) is 11.9 Å². The molecule has 1 amide bonds. The molecule has 2 fully saturated rings. The molecule has 0 unspecified atom stereocenters. The van der Waals surface area contributed by atoms with Crippen LogP contribution >= 0.6 is 11.3 Å². The molecule has 2 atom stereocenters. The van der Waals surface area contributed by atoms with E-state index in [2.05, 4.69) is 22.4 Å². The lowest BCUT2D eigenvalue weighted by Crippen LogP contribution is -2.49. The number of hydrogen-bond donors (Lipinski definition) is 1. The van der Waals surface area contributed by atoms with Crippen molar-refractivity contribution < 1.29 is 4.79 Å². The molecule has 1 saturated heterocycles. The van der Waals surface area contributed by atoms with Gasteiger partial charge in [0.1, 0.15) is 5.01 Å². The average molecular weight is 385 g/mol. The molecule has 6 heteroatoms. The van der Waals surface area contributed by atoms with Gasteiger partial charge in [-0.2, -0.15) is 0 Å². The predicted molar refractivity (Wildman–Crippen MR) is 109 cm³/mol. The van der Waals surface area contributed by atoms with Crippen LogP contribution in [0.2, 0.25) is 0 Å². The highest BCUT2D eigenvalue weighted by molar-refractivity contribution is 7.13. The second kappa shape index (κ2) is 8.50. The van der Waals surface area contributed by atoms with Crippen molar-refractivity contribution in [3.8, 4) is 10.6 Å². The summed E-state index contributed by atoms with van der Waals surface area (Å²) in [6.07, 6.45) is 3.99. The van der Waals surface area contributed by atoms with Gasteiger partial charge in [-0.3, -0.25) is 9.69 Å². The van der Waals surface area contributed by atoms with Crippen molar-refractivity contribution in [2.45, 2.75) is 38.3 Å². The molecule has 144 valence electrons. The molecule has 4 rings (SSSR count). The average Bonchev–Trinajstić information content (AvgIpc) is 3.32. The van der Waals surface area contributed by atoms with Crippen LogP contribution in [-0.2, 0) is 11.3 Å². The molecule has 0 spiro atoms. The maximum Gasteiger partial charge on any atom is 0.222 e. The van der Waals surface area contributed by atoms with Gasteiger partial charge < -0.3 is 10.6 Å². The Kier molecular flexibility index (Phi) is 5.86. The Balaban J connectivity index is 1.26. The van der Waals surface area contributed by atoms with Crippen LogP contribution in [0.25, 0.3) is 10.6 Å². The zero-order chi connectivity index (χ0) is 18.6. The fourth-order valence-corrected chi connectivity index (χ4v) is 4.97. The molecule has 1 saturated carbocycles. The molecular weight excluding hydrogens is 356 g/mol. The van der Waals surface area contributed by atoms with Gasteiger partial charge in [-0.15, -0.1) is 11.3 Å². The number of carbonyl (C=O) groups is 1. The normalized spacial score (nSPS) is 23.7. The van der Waals surface area contributed by atoms with Crippen LogP contribution < -0.4 is 5.73 Å². The van der Waals surface area contributed by atoms with Gasteiger partial charge >= 0.3 is 0 Å². The lowest BCUT2D eigenvalue weighted by Gasteiger charge is -2.35. The topological polar surface area (TPSA) is 62.5 Å². The smallest absolute Gasteiger partial charge is 0.222 e. The highest BCUT2D eigenvalue weighted by Crippen LogP contribution is 2.28. The molecule has 1 aliphatic heterocycles. The molecule has 5 nitrogen and oxygen atoms in total. The summed E-state index contributed by atoms with van der Waals surface area (Å²) in [5, 5.41) is 3.23. The second-order valence-corrected chi connectivity index (χ2v) is 8.58. The van der Waals surface area contributed by atoms with E-state index in [4.69, 9.17) is 10.7 Å². The quantitative estimate of drug-likeness (QED) is 0.861. The van der Waals surface area contributed by atoms with Gasteiger partial charge in [0, 0.05) is 56.1 Å². The fourth-order valence-electron chi connectivity index (χ4n) is 4.15. The van der Waals surface area contributed by atoms with Crippen LogP contribution in [0.4, 0.5) is 0 Å². The van der Waals surface area contributed by atoms with Crippen molar-refractivity contribution in [2.24, 2.45) is 11.7 Å². The Morgan fingerprint density at radius 3 is 2.63 bits per heavy atom. The van der Waals surface area contributed by atoms with Gasteiger partial charge in [-0.25, -0.2) is 4.98 Å². The van der Waals surface area contributed by atoms with E-state index in [1.807, 2.05) is 23.1 Å². The lowest BCUT2D eigenvalue weighted by atomic mass is 9.99. The van der Waals surface area contributed by atoms with Crippen molar-refractivity contribution >= 4 is 17.2 Å². The number of aromatic nitrogens is 1. The monoisotopic (exact) mass is 384 g/mol. The number of nitrogens with zero attached hydrogens (tertiary/aromatic N) is 3. The Morgan fingerprint density at radius 1 is 1.15 bits per heavy atom. The Hall–Kier alpha value is -1.76. The van der Waals surface area contributed by atoms with Crippen LogP contribution in [0, 0.1) is 5.92 Å². The molecule has 0 radical (unpaired) electrons. The maximum atomic E-state index is 12.6. The van der Waals surface area contributed by atoms with E-state index in [1.165, 1.54) is 12.0 Å². The van der Waals surface area contributed by atoms with Gasteiger partial charge in [-0.05, 0) is 18.8 Å². The summed E-state index contributed by atoms with van der Waals surface area (Å²) >= 11 is 1.70. The van der Waals surface area contributed by atoms with Gasteiger partial charge in [0.05, 0.1) is 5.69 Å². The number of thiazole rings is 1. The first kappa shape index (κ1) is 18.6. The molecule has 1 aromatic heterocycles. The minimum atomic E-state index is 0.221. The van der Waals surface area contributed by atoms with Gasteiger partial charge in [0.25, 0.3) is 0 Å². The van der Waals surface area contributed by atoms with Crippen molar-refractivity contribution in [1.82, 2.24) is 14.8 Å². The zero-order valence-corrected chi connectivity index (χ0v) is 16.5. The van der Waals surface area contributed by atoms with Crippen molar-refractivity contribution in [3.05, 3.63) is 41.4 Å². The summed E-state index contributed by atoms with van der Waals surface area (Å²) in [6, 6.07) is 10.5. The van der Waals surface area contributed by atoms with Crippen LogP contribution in [0.15, 0.2) is 35.7 Å². The maximum absolute atomic E-state index is 12.6. The van der Waals surface area contributed by atoms with Crippen molar-refractivity contribution in [2.75, 3.05) is 26.2 Å². The van der Waals surface area contributed by atoms with E-state index < -0.39 is 0 Å². The molecule has 1 aliphatic carbocycles. The number of rotatable bonds is 5. The van der Waals surface area contributed by atoms with E-state index in [1.54, 1.807) is 11.3 Å². The Bertz CT molecular complexity index is 755. The number of benzene rings is 1. The third kappa shape index (κ3) is 4.57. The zero-order valence-electron chi connectivity index (χ0n) is 15.7. The van der Waals surface area contributed by atoms with E-state index in [9.17, 15) is 4.79 Å². The number of nitrogens with two attached hydrogens (primary N) is 1. The lowest BCUT2D eigenvalue weighted by molar-refractivity contribution is -0.134. The number of carbonyl (C=O) groups excluding carboxylic acids is 1. The highest BCUT2D eigenvalue weighted by Gasteiger charge is 2.29. The van der Waals surface area contributed by atoms with Crippen LogP contribution in [-0.4, -0.2) is 52.9 Å². The molecule has 0 bridgehead atoms. The molecule has 27 heavy (non-hydrogen) atoms. The molecule has 1 aromatic carbocycles. The van der Waals surface area contributed by atoms with Gasteiger partial charge in [-0.1, -0.05) is 36.8 Å². The third-order valence-corrected chi connectivity index (χ3v) is 6.78. The van der Waals surface area contributed by atoms with Crippen molar-refractivity contribution in [3.63, 3.8) is 0 Å². The summed E-state index contributed by atoms with van der Waals surface area (Å²) in [4.78, 5) is 21.8. The third-order valence-electron chi connectivity index (χ3n) is 5.84. The molecular formula is C21H28N4OS. The van der Waals surface area contributed by atoms with E-state index >= 15 is 0 Å². The van der Waals surface area contributed by atoms with Crippen LogP contribution in [0.5, 0.6) is 0 Å².